The Morgan fingerprint density at radius 3 is 2.35 bits per heavy atom. The summed E-state index contributed by atoms with van der Waals surface area (Å²) in [7, 11) is 0. The van der Waals surface area contributed by atoms with Crippen molar-refractivity contribution in [3.63, 3.8) is 0 Å². The molecular formula is C16H28N4. The second-order valence-corrected chi connectivity index (χ2v) is 5.84. The first kappa shape index (κ1) is 15.1. The largest absolute Gasteiger partial charge is 0.370 e. The number of hydrogen-bond acceptors (Lipinski definition) is 4. The van der Waals surface area contributed by atoms with Gasteiger partial charge in [0.05, 0.1) is 0 Å². The third-order valence-electron chi connectivity index (χ3n) is 4.20. The molecule has 0 aromatic carbocycles. The van der Waals surface area contributed by atoms with Crippen LogP contribution in [0.3, 0.4) is 0 Å². The predicted octanol–water partition coefficient (Wildman–Crippen LogP) is 3.99. The van der Waals surface area contributed by atoms with Crippen LogP contribution in [0, 0.1) is 12.8 Å². The number of nitrogens with zero attached hydrogens (tertiary/aromatic N) is 2. The van der Waals surface area contributed by atoms with Crippen molar-refractivity contribution in [2.75, 3.05) is 23.7 Å². The van der Waals surface area contributed by atoms with Gasteiger partial charge in [0.15, 0.2) is 0 Å². The number of hydrogen-bond donors (Lipinski definition) is 2. The zero-order valence-corrected chi connectivity index (χ0v) is 12.9. The summed E-state index contributed by atoms with van der Waals surface area (Å²) < 4.78 is 0. The fraction of sp³-hybridized carbons (Fsp3) is 0.750. The Morgan fingerprint density at radius 2 is 1.70 bits per heavy atom. The van der Waals surface area contributed by atoms with E-state index in [-0.39, 0.29) is 0 Å². The lowest BCUT2D eigenvalue weighted by Crippen LogP contribution is -2.14. The molecule has 0 aliphatic heterocycles. The maximum atomic E-state index is 4.37. The predicted molar refractivity (Wildman–Crippen MR) is 85.2 cm³/mol. The molecule has 4 heteroatoms. The van der Waals surface area contributed by atoms with Gasteiger partial charge in [-0.15, -0.1) is 0 Å². The van der Waals surface area contributed by atoms with Gasteiger partial charge in [0.1, 0.15) is 18.0 Å². The third kappa shape index (κ3) is 4.36. The minimum atomic E-state index is 0.913. The fourth-order valence-electron chi connectivity index (χ4n) is 2.92. The van der Waals surface area contributed by atoms with Gasteiger partial charge in [0.25, 0.3) is 0 Å². The standard InChI is InChI=1S/C16H28N4/c1-3-10-17-15-13(2)16(20-12-19-15)18-11-9-14-7-5-4-6-8-14/h12,14H,3-11H2,1-2H3,(H2,17,18,19,20). The molecule has 0 radical (unpaired) electrons. The maximum absolute atomic E-state index is 4.37. The molecule has 4 nitrogen and oxygen atoms in total. The lowest BCUT2D eigenvalue weighted by Gasteiger charge is -2.21. The van der Waals surface area contributed by atoms with Gasteiger partial charge in [-0.05, 0) is 25.7 Å². The van der Waals surface area contributed by atoms with E-state index in [1.165, 1.54) is 38.5 Å². The van der Waals surface area contributed by atoms with Gasteiger partial charge in [-0.25, -0.2) is 9.97 Å². The van der Waals surface area contributed by atoms with E-state index in [1.807, 2.05) is 0 Å². The second kappa shape index (κ2) is 8.08. The van der Waals surface area contributed by atoms with Crippen LogP contribution in [0.15, 0.2) is 6.33 Å². The van der Waals surface area contributed by atoms with E-state index in [0.29, 0.717) is 0 Å². The molecule has 2 N–H and O–H groups in total. The molecule has 1 heterocycles. The molecule has 0 saturated heterocycles. The number of anilines is 2. The van der Waals surface area contributed by atoms with E-state index in [2.05, 4.69) is 34.4 Å². The van der Waals surface area contributed by atoms with Crippen molar-refractivity contribution in [2.24, 2.45) is 5.92 Å². The molecule has 1 aromatic heterocycles. The van der Waals surface area contributed by atoms with E-state index >= 15 is 0 Å². The summed E-state index contributed by atoms with van der Waals surface area (Å²) in [5.74, 6) is 2.85. The highest BCUT2D eigenvalue weighted by atomic mass is 15.1. The van der Waals surface area contributed by atoms with E-state index in [4.69, 9.17) is 0 Å². The van der Waals surface area contributed by atoms with Crippen LogP contribution in [-0.2, 0) is 0 Å². The molecule has 2 rings (SSSR count). The zero-order valence-electron chi connectivity index (χ0n) is 12.9. The Morgan fingerprint density at radius 1 is 1.05 bits per heavy atom. The Balaban J connectivity index is 1.82. The van der Waals surface area contributed by atoms with Crippen LogP contribution in [0.4, 0.5) is 11.6 Å². The van der Waals surface area contributed by atoms with Crippen molar-refractivity contribution in [2.45, 2.75) is 58.8 Å². The first-order valence-corrected chi connectivity index (χ1v) is 8.10. The third-order valence-corrected chi connectivity index (χ3v) is 4.20. The Labute approximate surface area is 122 Å². The lowest BCUT2D eigenvalue weighted by molar-refractivity contribution is 0.345. The maximum Gasteiger partial charge on any atom is 0.134 e. The molecule has 1 fully saturated rings. The van der Waals surface area contributed by atoms with Gasteiger partial charge in [-0.1, -0.05) is 39.0 Å². The monoisotopic (exact) mass is 276 g/mol. The van der Waals surface area contributed by atoms with Crippen LogP contribution in [0.5, 0.6) is 0 Å². The molecule has 1 aliphatic rings. The molecular weight excluding hydrogens is 248 g/mol. The molecule has 0 spiro atoms. The Bertz CT molecular complexity index is 399. The highest BCUT2D eigenvalue weighted by Gasteiger charge is 2.13. The molecule has 1 saturated carbocycles. The summed E-state index contributed by atoms with van der Waals surface area (Å²) >= 11 is 0. The Hall–Kier alpha value is -1.32. The summed E-state index contributed by atoms with van der Waals surface area (Å²) in [6.45, 7) is 6.23. The SMILES string of the molecule is CCCNc1ncnc(NCCC2CCCCC2)c1C. The smallest absolute Gasteiger partial charge is 0.134 e. The second-order valence-electron chi connectivity index (χ2n) is 5.84. The van der Waals surface area contributed by atoms with Gasteiger partial charge >= 0.3 is 0 Å². The van der Waals surface area contributed by atoms with Crippen LogP contribution < -0.4 is 10.6 Å². The normalized spacial score (nSPS) is 16.1. The van der Waals surface area contributed by atoms with Crippen LogP contribution in [0.1, 0.15) is 57.4 Å². The van der Waals surface area contributed by atoms with Crippen molar-refractivity contribution >= 4 is 11.6 Å². The van der Waals surface area contributed by atoms with Crippen LogP contribution in [-0.4, -0.2) is 23.1 Å². The lowest BCUT2D eigenvalue weighted by atomic mass is 9.87. The van der Waals surface area contributed by atoms with Crippen LogP contribution in [0.2, 0.25) is 0 Å². The van der Waals surface area contributed by atoms with Crippen molar-refractivity contribution in [3.8, 4) is 0 Å². The summed E-state index contributed by atoms with van der Waals surface area (Å²) in [4.78, 5) is 8.68. The van der Waals surface area contributed by atoms with Crippen molar-refractivity contribution < 1.29 is 0 Å². The van der Waals surface area contributed by atoms with Gasteiger partial charge in [0.2, 0.25) is 0 Å². The van der Waals surface area contributed by atoms with Gasteiger partial charge in [-0.3, -0.25) is 0 Å². The Kier molecular flexibility index (Phi) is 6.09. The minimum Gasteiger partial charge on any atom is -0.370 e. The summed E-state index contributed by atoms with van der Waals surface area (Å²) in [6, 6.07) is 0. The van der Waals surface area contributed by atoms with Crippen LogP contribution in [0.25, 0.3) is 0 Å². The summed E-state index contributed by atoms with van der Waals surface area (Å²) in [5.41, 5.74) is 1.13. The minimum absolute atomic E-state index is 0.913. The molecule has 20 heavy (non-hydrogen) atoms. The van der Waals surface area contributed by atoms with E-state index < -0.39 is 0 Å². The molecule has 0 bridgehead atoms. The van der Waals surface area contributed by atoms with Crippen LogP contribution >= 0.6 is 0 Å². The number of nitrogens with one attached hydrogen (secondary N) is 2. The molecule has 112 valence electrons. The average Bonchev–Trinajstić information content (AvgIpc) is 2.49. The number of rotatable bonds is 7. The summed E-state index contributed by atoms with van der Waals surface area (Å²) in [6.07, 6.45) is 11.1. The van der Waals surface area contributed by atoms with Gasteiger partial charge < -0.3 is 10.6 Å². The quantitative estimate of drug-likeness (QED) is 0.790. The molecule has 0 amide bonds. The van der Waals surface area contributed by atoms with Crippen molar-refractivity contribution in [3.05, 3.63) is 11.9 Å². The topological polar surface area (TPSA) is 49.8 Å². The fourth-order valence-corrected chi connectivity index (χ4v) is 2.92. The van der Waals surface area contributed by atoms with E-state index in [1.54, 1.807) is 6.33 Å². The molecule has 0 unspecified atom stereocenters. The van der Waals surface area contributed by atoms with E-state index in [9.17, 15) is 0 Å². The number of aromatic nitrogens is 2. The highest BCUT2D eigenvalue weighted by Crippen LogP contribution is 2.26. The first-order valence-electron chi connectivity index (χ1n) is 8.10. The first-order chi connectivity index (χ1) is 9.81. The van der Waals surface area contributed by atoms with Gasteiger partial charge in [-0.2, -0.15) is 0 Å². The summed E-state index contributed by atoms with van der Waals surface area (Å²) in [5, 5.41) is 6.84. The molecule has 1 aromatic rings. The zero-order chi connectivity index (χ0) is 14.2. The average molecular weight is 276 g/mol. The molecule has 0 atom stereocenters. The van der Waals surface area contributed by atoms with Crippen molar-refractivity contribution in [1.29, 1.82) is 0 Å². The van der Waals surface area contributed by atoms with Crippen molar-refractivity contribution in [1.82, 2.24) is 9.97 Å². The highest BCUT2D eigenvalue weighted by molar-refractivity contribution is 5.56. The van der Waals surface area contributed by atoms with E-state index in [0.717, 1.165) is 42.6 Å². The van der Waals surface area contributed by atoms with Gasteiger partial charge in [0, 0.05) is 18.7 Å². The molecule has 1 aliphatic carbocycles.